The summed E-state index contributed by atoms with van der Waals surface area (Å²) in [5.74, 6) is 0.491. The standard InChI is InChI=1S/C27H29NO5S/c1-32-25-14-18(7-12-24(25)29)15-26(30)28-21-5-2-4-20(16-21)19-8-10-22(11-9-19)33-27(31)17-23-6-3-13-34-23/h2-7,12-14,16,19,22,29H,8-11,15,17H2,1H3,(H,28,30). The third-order valence-corrected chi connectivity index (χ3v) is 7.00. The number of aromatic hydroxyl groups is 1. The molecule has 1 aliphatic carbocycles. The minimum Gasteiger partial charge on any atom is -0.504 e. The quantitative estimate of drug-likeness (QED) is 0.419. The number of esters is 1. The zero-order valence-corrected chi connectivity index (χ0v) is 20.0. The van der Waals surface area contributed by atoms with Gasteiger partial charge in [-0.15, -0.1) is 11.3 Å². The van der Waals surface area contributed by atoms with E-state index in [2.05, 4.69) is 11.4 Å². The van der Waals surface area contributed by atoms with E-state index in [9.17, 15) is 14.7 Å². The van der Waals surface area contributed by atoms with Gasteiger partial charge in [0.25, 0.3) is 0 Å². The van der Waals surface area contributed by atoms with Crippen LogP contribution in [-0.2, 0) is 27.2 Å². The Kier molecular flexibility index (Phi) is 7.85. The number of thiophene rings is 1. The smallest absolute Gasteiger partial charge is 0.311 e. The topological polar surface area (TPSA) is 84.9 Å². The van der Waals surface area contributed by atoms with Crippen LogP contribution in [0.3, 0.4) is 0 Å². The molecule has 1 amide bonds. The van der Waals surface area contributed by atoms with Crippen LogP contribution in [0.25, 0.3) is 0 Å². The van der Waals surface area contributed by atoms with Crippen molar-refractivity contribution >= 4 is 28.9 Å². The number of phenolic OH excluding ortho intramolecular Hbond substituents is 1. The number of carbonyl (C=O) groups excluding carboxylic acids is 2. The number of amides is 1. The summed E-state index contributed by atoms with van der Waals surface area (Å²) in [7, 11) is 1.48. The van der Waals surface area contributed by atoms with Crippen molar-refractivity contribution in [2.75, 3.05) is 12.4 Å². The molecule has 0 spiro atoms. The van der Waals surface area contributed by atoms with Gasteiger partial charge in [0.2, 0.25) is 5.91 Å². The van der Waals surface area contributed by atoms with Gasteiger partial charge in [-0.2, -0.15) is 0 Å². The molecular weight excluding hydrogens is 450 g/mol. The van der Waals surface area contributed by atoms with Crippen LogP contribution >= 0.6 is 11.3 Å². The molecule has 3 aromatic rings. The SMILES string of the molecule is COc1cc(CC(=O)Nc2cccc(C3CCC(OC(=O)Cc4cccs4)CC3)c2)ccc1O. The van der Waals surface area contributed by atoms with Gasteiger partial charge in [-0.1, -0.05) is 24.3 Å². The van der Waals surface area contributed by atoms with E-state index in [1.165, 1.54) is 18.7 Å². The summed E-state index contributed by atoms with van der Waals surface area (Å²) in [4.78, 5) is 25.8. The van der Waals surface area contributed by atoms with Gasteiger partial charge in [-0.25, -0.2) is 0 Å². The van der Waals surface area contributed by atoms with E-state index >= 15 is 0 Å². The number of benzene rings is 2. The molecule has 0 radical (unpaired) electrons. The number of anilines is 1. The predicted octanol–water partition coefficient (Wildman–Crippen LogP) is 5.46. The lowest BCUT2D eigenvalue weighted by atomic mass is 9.82. The molecule has 0 saturated heterocycles. The molecule has 0 bridgehead atoms. The van der Waals surface area contributed by atoms with Gasteiger partial charge in [0.15, 0.2) is 11.5 Å². The zero-order valence-electron chi connectivity index (χ0n) is 19.2. The highest BCUT2D eigenvalue weighted by Crippen LogP contribution is 2.35. The number of methoxy groups -OCH3 is 1. The highest BCUT2D eigenvalue weighted by atomic mass is 32.1. The van der Waals surface area contributed by atoms with Gasteiger partial charge in [0.05, 0.1) is 20.0 Å². The maximum atomic E-state index is 12.6. The van der Waals surface area contributed by atoms with Gasteiger partial charge in [0.1, 0.15) is 6.10 Å². The van der Waals surface area contributed by atoms with E-state index in [1.807, 2.05) is 35.7 Å². The van der Waals surface area contributed by atoms with Crippen molar-refractivity contribution < 1.29 is 24.2 Å². The van der Waals surface area contributed by atoms with E-state index in [4.69, 9.17) is 9.47 Å². The summed E-state index contributed by atoms with van der Waals surface area (Å²) in [6.45, 7) is 0. The number of nitrogens with one attached hydrogen (secondary N) is 1. The zero-order chi connectivity index (χ0) is 23.9. The monoisotopic (exact) mass is 479 g/mol. The highest BCUT2D eigenvalue weighted by Gasteiger charge is 2.25. The van der Waals surface area contributed by atoms with Crippen LogP contribution in [0.15, 0.2) is 60.0 Å². The Labute approximate surface area is 203 Å². The average molecular weight is 480 g/mol. The fraction of sp³-hybridized carbons (Fsp3) is 0.333. The fourth-order valence-corrected chi connectivity index (χ4v) is 5.08. The lowest BCUT2D eigenvalue weighted by Crippen LogP contribution is -2.24. The molecule has 2 N–H and O–H groups in total. The molecule has 1 heterocycles. The highest BCUT2D eigenvalue weighted by molar-refractivity contribution is 7.10. The third-order valence-electron chi connectivity index (χ3n) is 6.12. The van der Waals surface area contributed by atoms with Crippen LogP contribution in [0.1, 0.15) is 47.6 Å². The summed E-state index contributed by atoms with van der Waals surface area (Å²) in [6.07, 6.45) is 4.09. The van der Waals surface area contributed by atoms with E-state index < -0.39 is 0 Å². The number of rotatable bonds is 8. The maximum Gasteiger partial charge on any atom is 0.311 e. The molecule has 1 aliphatic rings. The minimum atomic E-state index is -0.151. The summed E-state index contributed by atoms with van der Waals surface area (Å²) in [5, 5.41) is 14.7. The van der Waals surface area contributed by atoms with Crippen molar-refractivity contribution in [3.63, 3.8) is 0 Å². The Balaban J connectivity index is 1.28. The summed E-state index contributed by atoms with van der Waals surface area (Å²) in [5.41, 5.74) is 2.71. The molecule has 4 rings (SSSR count). The molecule has 34 heavy (non-hydrogen) atoms. The first-order chi connectivity index (χ1) is 16.5. The lowest BCUT2D eigenvalue weighted by molar-refractivity contribution is -0.149. The van der Waals surface area contributed by atoms with Crippen LogP contribution in [0.5, 0.6) is 11.5 Å². The molecule has 1 aromatic heterocycles. The molecular formula is C27H29NO5S. The Morgan fingerprint density at radius 3 is 2.59 bits per heavy atom. The normalized spacial score (nSPS) is 17.7. The first-order valence-corrected chi connectivity index (χ1v) is 12.4. The maximum absolute atomic E-state index is 12.6. The van der Waals surface area contributed by atoms with Crippen molar-refractivity contribution in [1.29, 1.82) is 0 Å². The molecule has 0 aliphatic heterocycles. The Morgan fingerprint density at radius 1 is 1.03 bits per heavy atom. The molecule has 2 aromatic carbocycles. The second kappa shape index (κ2) is 11.2. The van der Waals surface area contributed by atoms with E-state index in [1.54, 1.807) is 23.5 Å². The number of hydrogen-bond acceptors (Lipinski definition) is 6. The van der Waals surface area contributed by atoms with Crippen LogP contribution in [0, 0.1) is 0 Å². The molecule has 0 unspecified atom stereocenters. The molecule has 178 valence electrons. The number of ether oxygens (including phenoxy) is 2. The molecule has 6 nitrogen and oxygen atoms in total. The van der Waals surface area contributed by atoms with Crippen LogP contribution in [0.4, 0.5) is 5.69 Å². The van der Waals surface area contributed by atoms with Gasteiger partial charge in [-0.05, 0) is 78.4 Å². The van der Waals surface area contributed by atoms with Gasteiger partial charge in [-0.3, -0.25) is 9.59 Å². The van der Waals surface area contributed by atoms with Crippen molar-refractivity contribution in [2.45, 2.75) is 50.5 Å². The second-order valence-electron chi connectivity index (χ2n) is 8.58. The van der Waals surface area contributed by atoms with Gasteiger partial charge in [0, 0.05) is 10.6 Å². The van der Waals surface area contributed by atoms with Gasteiger partial charge >= 0.3 is 5.97 Å². The van der Waals surface area contributed by atoms with Crippen molar-refractivity contribution in [3.05, 3.63) is 76.0 Å². The second-order valence-corrected chi connectivity index (χ2v) is 9.61. The summed E-state index contributed by atoms with van der Waals surface area (Å²) >= 11 is 1.57. The van der Waals surface area contributed by atoms with Gasteiger partial charge < -0.3 is 19.9 Å². The Bertz CT molecular complexity index is 1120. The van der Waals surface area contributed by atoms with Crippen LogP contribution in [0.2, 0.25) is 0 Å². The first kappa shape index (κ1) is 23.8. The molecule has 1 fully saturated rings. The van der Waals surface area contributed by atoms with E-state index in [0.717, 1.165) is 41.8 Å². The number of carbonyl (C=O) groups is 2. The Hall–Kier alpha value is -3.32. The van der Waals surface area contributed by atoms with E-state index in [-0.39, 0.29) is 30.2 Å². The minimum absolute atomic E-state index is 0.0195. The fourth-order valence-electron chi connectivity index (χ4n) is 4.39. The first-order valence-electron chi connectivity index (χ1n) is 11.5. The molecule has 7 heteroatoms. The van der Waals surface area contributed by atoms with Crippen LogP contribution < -0.4 is 10.1 Å². The Morgan fingerprint density at radius 2 is 1.85 bits per heavy atom. The average Bonchev–Trinajstić information content (AvgIpc) is 3.34. The third kappa shape index (κ3) is 6.38. The molecule has 0 atom stereocenters. The molecule has 1 saturated carbocycles. The van der Waals surface area contributed by atoms with Crippen molar-refractivity contribution in [1.82, 2.24) is 0 Å². The summed E-state index contributed by atoms with van der Waals surface area (Å²) < 4.78 is 10.8. The summed E-state index contributed by atoms with van der Waals surface area (Å²) in [6, 6.07) is 16.8. The number of phenols is 1. The largest absolute Gasteiger partial charge is 0.504 e. The van der Waals surface area contributed by atoms with Crippen molar-refractivity contribution in [3.8, 4) is 11.5 Å². The van der Waals surface area contributed by atoms with Crippen LogP contribution in [-0.4, -0.2) is 30.2 Å². The van der Waals surface area contributed by atoms with Crippen molar-refractivity contribution in [2.24, 2.45) is 0 Å². The lowest BCUT2D eigenvalue weighted by Gasteiger charge is -2.28. The van der Waals surface area contributed by atoms with E-state index in [0.29, 0.717) is 18.1 Å². The predicted molar refractivity (Wildman–Crippen MR) is 133 cm³/mol. The number of hydrogen-bond donors (Lipinski definition) is 2.